The minimum absolute atomic E-state index is 0.397. The van der Waals surface area contributed by atoms with Crippen molar-refractivity contribution in [1.29, 1.82) is 0 Å². The third kappa shape index (κ3) is 1.76. The number of fused-ring (bicyclic) bond motifs is 1. The molecule has 0 amide bonds. The molecule has 2 rings (SSSR count). The third-order valence-electron chi connectivity index (χ3n) is 2.30. The van der Waals surface area contributed by atoms with E-state index >= 15 is 0 Å². The number of nitrogens with zero attached hydrogens (tertiary/aromatic N) is 1. The van der Waals surface area contributed by atoms with Crippen LogP contribution in [-0.2, 0) is 6.54 Å². The predicted molar refractivity (Wildman–Crippen MR) is 61.2 cm³/mol. The van der Waals surface area contributed by atoms with Gasteiger partial charge in [-0.2, -0.15) is 0 Å². The zero-order chi connectivity index (χ0) is 10.8. The summed E-state index contributed by atoms with van der Waals surface area (Å²) in [7, 11) is 1.62. The highest BCUT2D eigenvalue weighted by Gasteiger charge is 2.06. The molecule has 0 spiro atoms. The van der Waals surface area contributed by atoms with Crippen molar-refractivity contribution < 1.29 is 4.74 Å². The second-order valence-electron chi connectivity index (χ2n) is 3.18. The molecule has 1 aromatic heterocycles. The molecule has 0 fully saturated rings. The molecule has 15 heavy (non-hydrogen) atoms. The summed E-state index contributed by atoms with van der Waals surface area (Å²) in [6, 6.07) is 5.60. The number of rotatable bonds is 2. The van der Waals surface area contributed by atoms with Crippen LogP contribution in [0.1, 0.15) is 5.56 Å². The Bertz CT molecular complexity index is 499. The number of benzene rings is 1. The molecule has 1 heterocycles. The van der Waals surface area contributed by atoms with E-state index < -0.39 is 0 Å². The summed E-state index contributed by atoms with van der Waals surface area (Å²) in [5, 5.41) is 1.57. The summed E-state index contributed by atoms with van der Waals surface area (Å²) in [6.45, 7) is 0.397. The lowest BCUT2D eigenvalue weighted by Crippen LogP contribution is -1.98. The summed E-state index contributed by atoms with van der Waals surface area (Å²) in [6.07, 6.45) is 1.70. The van der Waals surface area contributed by atoms with Crippen LogP contribution in [0.25, 0.3) is 10.9 Å². The Morgan fingerprint density at radius 2 is 2.27 bits per heavy atom. The van der Waals surface area contributed by atoms with Gasteiger partial charge in [-0.05, 0) is 12.1 Å². The molecule has 3 nitrogen and oxygen atoms in total. The number of halogens is 1. The first-order valence-corrected chi connectivity index (χ1v) is 4.95. The Morgan fingerprint density at radius 3 is 2.93 bits per heavy atom. The molecule has 4 heteroatoms. The van der Waals surface area contributed by atoms with E-state index in [1.54, 1.807) is 13.3 Å². The van der Waals surface area contributed by atoms with Crippen LogP contribution in [0.15, 0.2) is 24.4 Å². The first-order chi connectivity index (χ1) is 7.26. The lowest BCUT2D eigenvalue weighted by atomic mass is 10.1. The molecule has 0 saturated heterocycles. The van der Waals surface area contributed by atoms with E-state index in [-0.39, 0.29) is 0 Å². The Hall–Kier alpha value is -1.32. The maximum absolute atomic E-state index is 6.18. The Labute approximate surface area is 92.8 Å². The fraction of sp³-hybridized carbons (Fsp3) is 0.182. The van der Waals surface area contributed by atoms with Crippen LogP contribution in [-0.4, -0.2) is 12.1 Å². The molecule has 0 saturated carbocycles. The number of hydrogen-bond donors (Lipinski definition) is 1. The normalized spacial score (nSPS) is 10.6. The maximum Gasteiger partial charge on any atom is 0.121 e. The van der Waals surface area contributed by atoms with E-state index in [0.717, 1.165) is 22.2 Å². The van der Waals surface area contributed by atoms with Gasteiger partial charge in [-0.3, -0.25) is 4.98 Å². The number of methoxy groups -OCH3 is 1. The quantitative estimate of drug-likeness (QED) is 0.849. The van der Waals surface area contributed by atoms with Crippen molar-refractivity contribution in [3.05, 3.63) is 35.0 Å². The Balaban J connectivity index is 2.68. The number of hydrogen-bond acceptors (Lipinski definition) is 3. The second kappa shape index (κ2) is 4.04. The molecule has 0 atom stereocenters. The Kier molecular flexibility index (Phi) is 2.75. The van der Waals surface area contributed by atoms with E-state index in [0.29, 0.717) is 11.6 Å². The molecule has 0 aliphatic heterocycles. The summed E-state index contributed by atoms with van der Waals surface area (Å²) in [4.78, 5) is 4.28. The van der Waals surface area contributed by atoms with E-state index in [1.165, 1.54) is 0 Å². The second-order valence-corrected chi connectivity index (χ2v) is 3.56. The van der Waals surface area contributed by atoms with Crippen LogP contribution in [0.2, 0.25) is 5.02 Å². The lowest BCUT2D eigenvalue weighted by Gasteiger charge is -2.06. The van der Waals surface area contributed by atoms with Gasteiger partial charge in [0.05, 0.1) is 17.6 Å². The highest BCUT2D eigenvalue weighted by atomic mass is 35.5. The third-order valence-corrected chi connectivity index (χ3v) is 2.75. The molecular formula is C11H11ClN2O. The largest absolute Gasteiger partial charge is 0.497 e. The van der Waals surface area contributed by atoms with Crippen molar-refractivity contribution in [2.24, 2.45) is 5.73 Å². The predicted octanol–water partition coefficient (Wildman–Crippen LogP) is 2.36. The van der Waals surface area contributed by atoms with Crippen molar-refractivity contribution in [1.82, 2.24) is 4.98 Å². The van der Waals surface area contributed by atoms with Gasteiger partial charge in [0, 0.05) is 29.8 Å². The van der Waals surface area contributed by atoms with Crippen LogP contribution in [0.5, 0.6) is 5.75 Å². The van der Waals surface area contributed by atoms with Gasteiger partial charge in [0.2, 0.25) is 0 Å². The van der Waals surface area contributed by atoms with Gasteiger partial charge in [0.15, 0.2) is 0 Å². The molecule has 78 valence electrons. The highest BCUT2D eigenvalue weighted by Crippen LogP contribution is 2.27. The van der Waals surface area contributed by atoms with Crippen LogP contribution in [0.3, 0.4) is 0 Å². The monoisotopic (exact) mass is 222 g/mol. The minimum Gasteiger partial charge on any atom is -0.497 e. The molecule has 0 bridgehead atoms. The van der Waals surface area contributed by atoms with Crippen LogP contribution < -0.4 is 10.5 Å². The number of nitrogens with two attached hydrogens (primary N) is 1. The van der Waals surface area contributed by atoms with Crippen molar-refractivity contribution in [3.8, 4) is 5.75 Å². The SMILES string of the molecule is COc1ccc2c(Cl)c(CN)cnc2c1. The minimum atomic E-state index is 0.397. The van der Waals surface area contributed by atoms with Gasteiger partial charge in [-0.25, -0.2) is 0 Å². The average Bonchev–Trinajstić information content (AvgIpc) is 2.29. The summed E-state index contributed by atoms with van der Waals surface area (Å²) >= 11 is 6.18. The van der Waals surface area contributed by atoms with Crippen molar-refractivity contribution in [2.75, 3.05) is 7.11 Å². The van der Waals surface area contributed by atoms with Crippen molar-refractivity contribution in [3.63, 3.8) is 0 Å². The number of aromatic nitrogens is 1. The summed E-state index contributed by atoms with van der Waals surface area (Å²) in [5.74, 6) is 0.770. The standard InChI is InChI=1S/C11H11ClN2O/c1-15-8-2-3-9-10(4-8)14-6-7(5-13)11(9)12/h2-4,6H,5,13H2,1H3. The van der Waals surface area contributed by atoms with Gasteiger partial charge in [-0.15, -0.1) is 0 Å². The van der Waals surface area contributed by atoms with Crippen LogP contribution in [0, 0.1) is 0 Å². The summed E-state index contributed by atoms with van der Waals surface area (Å²) < 4.78 is 5.11. The van der Waals surface area contributed by atoms with Gasteiger partial charge < -0.3 is 10.5 Å². The lowest BCUT2D eigenvalue weighted by molar-refractivity contribution is 0.415. The molecule has 0 unspecified atom stereocenters. The zero-order valence-electron chi connectivity index (χ0n) is 8.33. The fourth-order valence-electron chi connectivity index (χ4n) is 1.45. The van der Waals surface area contributed by atoms with E-state index in [4.69, 9.17) is 22.1 Å². The molecular weight excluding hydrogens is 212 g/mol. The molecule has 0 aliphatic carbocycles. The van der Waals surface area contributed by atoms with E-state index in [2.05, 4.69) is 4.98 Å². The topological polar surface area (TPSA) is 48.1 Å². The first kappa shape index (κ1) is 10.2. The molecule has 1 aromatic carbocycles. The number of ether oxygens (including phenoxy) is 1. The molecule has 2 N–H and O–H groups in total. The first-order valence-electron chi connectivity index (χ1n) is 4.57. The van der Waals surface area contributed by atoms with Crippen molar-refractivity contribution >= 4 is 22.5 Å². The molecule has 0 aliphatic rings. The Morgan fingerprint density at radius 1 is 1.47 bits per heavy atom. The maximum atomic E-state index is 6.18. The fourth-order valence-corrected chi connectivity index (χ4v) is 1.74. The molecule has 0 radical (unpaired) electrons. The molecule has 2 aromatic rings. The van der Waals surface area contributed by atoms with Gasteiger partial charge in [0.1, 0.15) is 5.75 Å². The van der Waals surface area contributed by atoms with Gasteiger partial charge in [0.25, 0.3) is 0 Å². The average molecular weight is 223 g/mol. The van der Waals surface area contributed by atoms with Gasteiger partial charge in [-0.1, -0.05) is 11.6 Å². The van der Waals surface area contributed by atoms with E-state index in [1.807, 2.05) is 18.2 Å². The van der Waals surface area contributed by atoms with Crippen molar-refractivity contribution in [2.45, 2.75) is 6.54 Å². The van der Waals surface area contributed by atoms with E-state index in [9.17, 15) is 0 Å². The van der Waals surface area contributed by atoms with Crippen LogP contribution >= 0.6 is 11.6 Å². The van der Waals surface area contributed by atoms with Gasteiger partial charge >= 0.3 is 0 Å². The van der Waals surface area contributed by atoms with Crippen LogP contribution in [0.4, 0.5) is 0 Å². The number of pyridine rings is 1. The summed E-state index contributed by atoms with van der Waals surface area (Å²) in [5.41, 5.74) is 7.22. The smallest absolute Gasteiger partial charge is 0.121 e. The highest BCUT2D eigenvalue weighted by molar-refractivity contribution is 6.36. The zero-order valence-corrected chi connectivity index (χ0v) is 9.08.